The molecular weight excluding hydrogens is 525 g/mol. The minimum Gasteiger partial charge on any atom is -0.356 e. The number of benzene rings is 1. The third-order valence-electron chi connectivity index (χ3n) is 6.93. The molecule has 1 N–H and O–H groups in total. The van der Waals surface area contributed by atoms with E-state index in [2.05, 4.69) is 49.7 Å². The lowest BCUT2D eigenvalue weighted by Crippen LogP contribution is -2.72. The van der Waals surface area contributed by atoms with Crippen LogP contribution in [0, 0.1) is 5.41 Å². The molecule has 2 aliphatic heterocycles. The molecule has 3 rings (SSSR count). The van der Waals surface area contributed by atoms with Gasteiger partial charge in [0.25, 0.3) is 0 Å². The number of nitrogens with zero attached hydrogens (tertiary/aromatic N) is 4. The first-order valence-corrected chi connectivity index (χ1v) is 12.3. The van der Waals surface area contributed by atoms with E-state index in [1.54, 1.807) is 16.4 Å². The molecule has 1 aromatic carbocycles. The zero-order valence-electron chi connectivity index (χ0n) is 19.7. The molecule has 0 aliphatic carbocycles. The molecular formula is C22H38IN5O2S. The van der Waals surface area contributed by atoms with Crippen molar-refractivity contribution in [1.82, 2.24) is 19.4 Å². The van der Waals surface area contributed by atoms with Crippen LogP contribution in [0.3, 0.4) is 0 Å². The number of likely N-dealkylation sites (N-methyl/N-ethyl adjacent to an activating group) is 1. The van der Waals surface area contributed by atoms with Crippen molar-refractivity contribution < 1.29 is 8.42 Å². The van der Waals surface area contributed by atoms with Crippen molar-refractivity contribution in [1.29, 1.82) is 0 Å². The van der Waals surface area contributed by atoms with Gasteiger partial charge < -0.3 is 15.1 Å². The summed E-state index contributed by atoms with van der Waals surface area (Å²) in [6, 6.07) is 7.27. The predicted molar refractivity (Wildman–Crippen MR) is 137 cm³/mol. The number of sulfonamides is 1. The van der Waals surface area contributed by atoms with E-state index >= 15 is 0 Å². The van der Waals surface area contributed by atoms with Gasteiger partial charge in [-0.1, -0.05) is 32.0 Å². The number of halogens is 1. The quantitative estimate of drug-likeness (QED) is 0.339. The molecule has 0 bridgehead atoms. The summed E-state index contributed by atoms with van der Waals surface area (Å²) in [4.78, 5) is 9.65. The van der Waals surface area contributed by atoms with Gasteiger partial charge in [0.15, 0.2) is 5.96 Å². The minimum absolute atomic E-state index is 0. The highest BCUT2D eigenvalue weighted by Gasteiger charge is 2.53. The smallest absolute Gasteiger partial charge is 0.243 e. The fourth-order valence-electron chi connectivity index (χ4n) is 4.01. The van der Waals surface area contributed by atoms with E-state index in [-0.39, 0.29) is 34.9 Å². The van der Waals surface area contributed by atoms with E-state index in [0.29, 0.717) is 24.5 Å². The average Bonchev–Trinajstić information content (AvgIpc) is 2.70. The van der Waals surface area contributed by atoms with Crippen LogP contribution in [0.25, 0.3) is 0 Å². The fourth-order valence-corrected chi connectivity index (χ4v) is 5.65. The van der Waals surface area contributed by atoms with Crippen LogP contribution in [0.2, 0.25) is 0 Å². The van der Waals surface area contributed by atoms with Crippen molar-refractivity contribution in [3.05, 3.63) is 29.8 Å². The molecule has 2 aliphatic rings. The van der Waals surface area contributed by atoms with Crippen molar-refractivity contribution >= 4 is 40.0 Å². The van der Waals surface area contributed by atoms with E-state index in [4.69, 9.17) is 4.99 Å². The van der Waals surface area contributed by atoms with Gasteiger partial charge in [0.2, 0.25) is 10.0 Å². The molecule has 0 spiro atoms. The van der Waals surface area contributed by atoms with Gasteiger partial charge in [-0.3, -0.25) is 0 Å². The number of piperazine rings is 1. The summed E-state index contributed by atoms with van der Waals surface area (Å²) in [5, 5.41) is 3.39. The zero-order chi connectivity index (χ0) is 22.2. The predicted octanol–water partition coefficient (Wildman–Crippen LogP) is 2.83. The first-order chi connectivity index (χ1) is 14.0. The molecule has 2 saturated heterocycles. The van der Waals surface area contributed by atoms with E-state index < -0.39 is 10.0 Å². The Hall–Kier alpha value is -0.910. The van der Waals surface area contributed by atoms with Crippen molar-refractivity contribution in [2.75, 3.05) is 46.3 Å². The van der Waals surface area contributed by atoms with Crippen LogP contribution in [0.1, 0.15) is 40.2 Å². The van der Waals surface area contributed by atoms with Crippen LogP contribution in [0.4, 0.5) is 0 Å². The molecule has 0 radical (unpaired) electrons. The SMILES string of the molecule is CCNC(=NCc1ccccc1S(=O)(=O)N1CCN(C)CC1)N1CC(C)(C)C1(C)C.I. The second-order valence-electron chi connectivity index (χ2n) is 9.51. The zero-order valence-corrected chi connectivity index (χ0v) is 22.8. The maximum Gasteiger partial charge on any atom is 0.243 e. The van der Waals surface area contributed by atoms with Crippen LogP contribution < -0.4 is 5.32 Å². The van der Waals surface area contributed by atoms with Crippen molar-refractivity contribution in [2.24, 2.45) is 10.4 Å². The monoisotopic (exact) mass is 563 g/mol. The molecule has 0 saturated carbocycles. The lowest BCUT2D eigenvalue weighted by atomic mass is 9.65. The molecule has 1 aromatic rings. The van der Waals surface area contributed by atoms with E-state index in [0.717, 1.165) is 37.7 Å². The summed E-state index contributed by atoms with van der Waals surface area (Å²) < 4.78 is 28.2. The minimum atomic E-state index is -3.53. The Kier molecular flexibility index (Phi) is 8.43. The number of nitrogens with one attached hydrogen (secondary N) is 1. The normalized spacial score (nSPS) is 21.9. The average molecular weight is 564 g/mol. The van der Waals surface area contributed by atoms with Crippen LogP contribution in [0.5, 0.6) is 0 Å². The van der Waals surface area contributed by atoms with Gasteiger partial charge in [-0.15, -0.1) is 24.0 Å². The molecule has 2 fully saturated rings. The molecule has 2 heterocycles. The van der Waals surface area contributed by atoms with E-state index in [1.807, 2.05) is 19.2 Å². The van der Waals surface area contributed by atoms with Gasteiger partial charge in [-0.25, -0.2) is 13.4 Å². The van der Waals surface area contributed by atoms with Crippen molar-refractivity contribution in [2.45, 2.75) is 51.6 Å². The summed E-state index contributed by atoms with van der Waals surface area (Å²) in [5.74, 6) is 0.841. The highest BCUT2D eigenvalue weighted by molar-refractivity contribution is 14.0. The highest BCUT2D eigenvalue weighted by atomic mass is 127. The van der Waals surface area contributed by atoms with Gasteiger partial charge in [0.1, 0.15) is 0 Å². The Balaban J connectivity index is 0.00000341. The summed E-state index contributed by atoms with van der Waals surface area (Å²) in [6.07, 6.45) is 0. The van der Waals surface area contributed by atoms with Gasteiger partial charge in [0.05, 0.1) is 11.4 Å². The van der Waals surface area contributed by atoms with E-state index in [9.17, 15) is 8.42 Å². The summed E-state index contributed by atoms with van der Waals surface area (Å²) in [5.41, 5.74) is 0.926. The van der Waals surface area contributed by atoms with Crippen molar-refractivity contribution in [3.63, 3.8) is 0 Å². The summed E-state index contributed by atoms with van der Waals surface area (Å²) in [6.45, 7) is 15.6. The second-order valence-corrected chi connectivity index (χ2v) is 11.4. The molecule has 9 heteroatoms. The maximum absolute atomic E-state index is 13.3. The number of likely N-dealkylation sites (tertiary alicyclic amines) is 1. The van der Waals surface area contributed by atoms with Crippen LogP contribution >= 0.6 is 24.0 Å². The fraction of sp³-hybridized carbons (Fsp3) is 0.682. The van der Waals surface area contributed by atoms with Crippen molar-refractivity contribution in [3.8, 4) is 0 Å². The standard InChI is InChI=1S/C22H37N5O2S.HI/c1-7-23-20(27-17-21(2,3)22(27,4)5)24-16-18-10-8-9-11-19(18)30(28,29)26-14-12-25(6)13-15-26;/h8-11H,7,12-17H2,1-6H3,(H,23,24);1H. The van der Waals surface area contributed by atoms with Gasteiger partial charge in [-0.05, 0) is 39.4 Å². The summed E-state index contributed by atoms with van der Waals surface area (Å²) >= 11 is 0. The first kappa shape index (κ1) is 26.3. The molecule has 7 nitrogen and oxygen atoms in total. The molecule has 0 aromatic heterocycles. The number of hydrogen-bond acceptors (Lipinski definition) is 4. The Labute approximate surface area is 205 Å². The third kappa shape index (κ3) is 5.20. The number of hydrogen-bond donors (Lipinski definition) is 1. The number of rotatable bonds is 5. The Bertz CT molecular complexity index is 893. The van der Waals surface area contributed by atoms with Gasteiger partial charge >= 0.3 is 0 Å². The third-order valence-corrected chi connectivity index (χ3v) is 8.93. The van der Waals surface area contributed by atoms with Crippen LogP contribution in [-0.2, 0) is 16.6 Å². The maximum atomic E-state index is 13.3. The Morgan fingerprint density at radius 1 is 1.10 bits per heavy atom. The molecule has 176 valence electrons. The van der Waals surface area contributed by atoms with Gasteiger partial charge in [-0.2, -0.15) is 4.31 Å². The lowest BCUT2D eigenvalue weighted by Gasteiger charge is -2.62. The molecule has 0 atom stereocenters. The number of guanidine groups is 1. The highest BCUT2D eigenvalue weighted by Crippen LogP contribution is 2.46. The molecule has 31 heavy (non-hydrogen) atoms. The molecule has 0 amide bonds. The van der Waals surface area contributed by atoms with Gasteiger partial charge in [0, 0.05) is 50.2 Å². The molecule has 0 unspecified atom stereocenters. The second kappa shape index (κ2) is 9.93. The van der Waals surface area contributed by atoms with Crippen LogP contribution in [-0.4, -0.2) is 80.3 Å². The van der Waals surface area contributed by atoms with Crippen LogP contribution in [0.15, 0.2) is 34.2 Å². The number of aliphatic imine (C=N–C) groups is 1. The Morgan fingerprint density at radius 2 is 1.71 bits per heavy atom. The largest absolute Gasteiger partial charge is 0.356 e. The topological polar surface area (TPSA) is 68.2 Å². The van der Waals surface area contributed by atoms with E-state index in [1.165, 1.54) is 0 Å². The lowest BCUT2D eigenvalue weighted by molar-refractivity contribution is -0.0667. The summed E-state index contributed by atoms with van der Waals surface area (Å²) in [7, 11) is -1.50. The Morgan fingerprint density at radius 3 is 2.26 bits per heavy atom. The first-order valence-electron chi connectivity index (χ1n) is 10.8.